The molecule has 0 unspecified atom stereocenters. The van der Waals surface area contributed by atoms with Gasteiger partial charge in [0.05, 0.1) is 17.5 Å². The number of rotatable bonds is 2. The number of aromatic nitrogens is 2. The van der Waals surface area contributed by atoms with Gasteiger partial charge in [-0.3, -0.25) is 4.68 Å². The van der Waals surface area contributed by atoms with Crippen molar-refractivity contribution in [3.05, 3.63) is 17.5 Å². The van der Waals surface area contributed by atoms with E-state index in [-0.39, 0.29) is 0 Å². The topological polar surface area (TPSA) is 41.6 Å². The van der Waals surface area contributed by atoms with Crippen molar-refractivity contribution >= 4 is 0 Å². The first-order valence-electron chi connectivity index (χ1n) is 4.17. The summed E-state index contributed by atoms with van der Waals surface area (Å²) in [6, 6.07) is 2.47. The summed E-state index contributed by atoms with van der Waals surface area (Å²) >= 11 is 0. The molecule has 3 heteroatoms. The third kappa shape index (κ3) is 1.33. The van der Waals surface area contributed by atoms with Gasteiger partial charge in [-0.1, -0.05) is 6.92 Å². The quantitative estimate of drug-likeness (QED) is 0.668. The molecular weight excluding hydrogens is 150 g/mol. The molecule has 0 bridgehead atoms. The Labute approximate surface area is 72.6 Å². The van der Waals surface area contributed by atoms with Crippen LogP contribution >= 0.6 is 0 Å². The molecule has 0 saturated heterocycles. The van der Waals surface area contributed by atoms with Gasteiger partial charge in [-0.05, 0) is 20.3 Å². The third-order valence-electron chi connectivity index (χ3n) is 1.84. The van der Waals surface area contributed by atoms with Crippen molar-refractivity contribution in [2.24, 2.45) is 0 Å². The van der Waals surface area contributed by atoms with Crippen LogP contribution in [-0.2, 0) is 6.42 Å². The van der Waals surface area contributed by atoms with Crippen LogP contribution in [0.5, 0.6) is 0 Å². The van der Waals surface area contributed by atoms with E-state index in [1.165, 1.54) is 0 Å². The van der Waals surface area contributed by atoms with Gasteiger partial charge in [-0.2, -0.15) is 10.4 Å². The predicted octanol–water partition coefficient (Wildman–Crippen LogP) is 1.90. The van der Waals surface area contributed by atoms with Crippen LogP contribution in [0, 0.1) is 11.3 Å². The minimum absolute atomic E-state index is 0.335. The molecule has 0 saturated carbocycles. The van der Waals surface area contributed by atoms with Gasteiger partial charge in [-0.15, -0.1) is 0 Å². The highest BCUT2D eigenvalue weighted by molar-refractivity contribution is 5.31. The number of nitriles is 1. The average Bonchev–Trinajstić information content (AvgIpc) is 2.46. The Balaban J connectivity index is 3.16. The molecule has 0 spiro atoms. The van der Waals surface area contributed by atoms with Crippen LogP contribution in [0.4, 0.5) is 0 Å². The van der Waals surface area contributed by atoms with E-state index in [0.717, 1.165) is 12.1 Å². The molecule has 3 nitrogen and oxygen atoms in total. The molecule has 0 aliphatic rings. The molecule has 1 heterocycles. The Morgan fingerprint density at radius 2 is 2.33 bits per heavy atom. The van der Waals surface area contributed by atoms with Gasteiger partial charge in [0.1, 0.15) is 6.07 Å². The van der Waals surface area contributed by atoms with Crippen molar-refractivity contribution in [2.45, 2.75) is 33.2 Å². The van der Waals surface area contributed by atoms with Crippen LogP contribution < -0.4 is 0 Å². The summed E-state index contributed by atoms with van der Waals surface area (Å²) in [5.74, 6) is 0. The summed E-state index contributed by atoms with van der Waals surface area (Å²) in [5, 5.41) is 12.9. The van der Waals surface area contributed by atoms with Gasteiger partial charge in [0.25, 0.3) is 0 Å². The van der Waals surface area contributed by atoms with Crippen molar-refractivity contribution in [2.75, 3.05) is 0 Å². The molecule has 64 valence electrons. The molecule has 0 aliphatic heterocycles. The number of nitrogens with zero attached hydrogens (tertiary/aromatic N) is 3. The summed E-state index contributed by atoms with van der Waals surface area (Å²) in [7, 11) is 0. The first-order valence-corrected chi connectivity index (χ1v) is 4.17. The minimum atomic E-state index is 0.335. The number of hydrogen-bond acceptors (Lipinski definition) is 2. The van der Waals surface area contributed by atoms with Crippen molar-refractivity contribution < 1.29 is 0 Å². The summed E-state index contributed by atoms with van der Waals surface area (Å²) in [6.07, 6.45) is 2.50. The molecule has 0 aliphatic carbocycles. The van der Waals surface area contributed by atoms with Gasteiger partial charge in [0, 0.05) is 6.04 Å². The predicted molar refractivity (Wildman–Crippen MR) is 46.7 cm³/mol. The third-order valence-corrected chi connectivity index (χ3v) is 1.84. The maximum absolute atomic E-state index is 8.74. The van der Waals surface area contributed by atoms with Crippen LogP contribution in [0.25, 0.3) is 0 Å². The molecule has 1 rings (SSSR count). The fraction of sp³-hybridized carbons (Fsp3) is 0.556. The molecule has 0 N–H and O–H groups in total. The highest BCUT2D eigenvalue weighted by Gasteiger charge is 2.09. The summed E-state index contributed by atoms with van der Waals surface area (Å²) < 4.78 is 1.90. The van der Waals surface area contributed by atoms with E-state index in [0.29, 0.717) is 11.6 Å². The first kappa shape index (κ1) is 8.79. The minimum Gasteiger partial charge on any atom is -0.266 e. The van der Waals surface area contributed by atoms with Crippen LogP contribution in [0.2, 0.25) is 0 Å². The van der Waals surface area contributed by atoms with E-state index in [2.05, 4.69) is 25.0 Å². The highest BCUT2D eigenvalue weighted by Crippen LogP contribution is 2.13. The molecule has 1 aromatic heterocycles. The number of hydrogen-bond donors (Lipinski definition) is 0. The lowest BCUT2D eigenvalue weighted by Crippen LogP contribution is -2.07. The van der Waals surface area contributed by atoms with Crippen LogP contribution in [0.1, 0.15) is 38.1 Å². The zero-order valence-electron chi connectivity index (χ0n) is 7.70. The average molecular weight is 163 g/mol. The van der Waals surface area contributed by atoms with Gasteiger partial charge >= 0.3 is 0 Å². The molecule has 0 fully saturated rings. The fourth-order valence-electron chi connectivity index (χ4n) is 1.28. The van der Waals surface area contributed by atoms with Crippen molar-refractivity contribution in [3.63, 3.8) is 0 Å². The second-order valence-electron chi connectivity index (χ2n) is 3.01. The van der Waals surface area contributed by atoms with Crippen molar-refractivity contribution in [1.82, 2.24) is 9.78 Å². The van der Waals surface area contributed by atoms with E-state index in [9.17, 15) is 0 Å². The summed E-state index contributed by atoms with van der Waals surface area (Å²) in [4.78, 5) is 0. The van der Waals surface area contributed by atoms with Gasteiger partial charge in [0.2, 0.25) is 0 Å². The Hall–Kier alpha value is -1.30. The van der Waals surface area contributed by atoms with E-state index in [1.807, 2.05) is 11.6 Å². The van der Waals surface area contributed by atoms with Gasteiger partial charge < -0.3 is 0 Å². The van der Waals surface area contributed by atoms with Gasteiger partial charge in [-0.25, -0.2) is 0 Å². The molecule has 1 aromatic rings. The zero-order chi connectivity index (χ0) is 9.14. The Bertz CT molecular complexity index is 304. The maximum atomic E-state index is 8.74. The van der Waals surface area contributed by atoms with Crippen LogP contribution in [0.15, 0.2) is 6.20 Å². The van der Waals surface area contributed by atoms with E-state index < -0.39 is 0 Å². The smallest absolute Gasteiger partial charge is 0.103 e. The van der Waals surface area contributed by atoms with Crippen LogP contribution in [0.3, 0.4) is 0 Å². The Morgan fingerprint density at radius 1 is 1.67 bits per heavy atom. The fourth-order valence-corrected chi connectivity index (χ4v) is 1.28. The van der Waals surface area contributed by atoms with Gasteiger partial charge in [0.15, 0.2) is 0 Å². The normalized spacial score (nSPS) is 10.2. The standard InChI is InChI=1S/C9H13N3/c1-4-9-8(5-10)6-11-12(9)7(2)3/h6-7H,4H2,1-3H3. The molecule has 0 amide bonds. The largest absolute Gasteiger partial charge is 0.266 e. The first-order chi connectivity index (χ1) is 5.70. The zero-order valence-corrected chi connectivity index (χ0v) is 7.70. The molecule has 12 heavy (non-hydrogen) atoms. The monoisotopic (exact) mass is 163 g/mol. The lowest BCUT2D eigenvalue weighted by Gasteiger charge is -2.08. The highest BCUT2D eigenvalue weighted by atomic mass is 15.3. The summed E-state index contributed by atoms with van der Waals surface area (Å²) in [6.45, 7) is 6.16. The van der Waals surface area contributed by atoms with E-state index in [1.54, 1.807) is 6.20 Å². The van der Waals surface area contributed by atoms with E-state index >= 15 is 0 Å². The molecule has 0 aromatic carbocycles. The second kappa shape index (κ2) is 3.40. The molecule has 0 radical (unpaired) electrons. The van der Waals surface area contributed by atoms with Crippen LogP contribution in [-0.4, -0.2) is 9.78 Å². The summed E-state index contributed by atoms with van der Waals surface area (Å²) in [5.41, 5.74) is 1.73. The maximum Gasteiger partial charge on any atom is 0.103 e. The lowest BCUT2D eigenvalue weighted by molar-refractivity contribution is 0.511. The Kier molecular flexibility index (Phi) is 2.49. The SMILES string of the molecule is CCc1c(C#N)cnn1C(C)C. The van der Waals surface area contributed by atoms with Crippen molar-refractivity contribution in [1.29, 1.82) is 5.26 Å². The van der Waals surface area contributed by atoms with E-state index in [4.69, 9.17) is 5.26 Å². The van der Waals surface area contributed by atoms with Crippen molar-refractivity contribution in [3.8, 4) is 6.07 Å². The Morgan fingerprint density at radius 3 is 2.75 bits per heavy atom. The lowest BCUT2D eigenvalue weighted by atomic mass is 10.2. The molecule has 0 atom stereocenters. The second-order valence-corrected chi connectivity index (χ2v) is 3.01. The molecular formula is C9H13N3.